The average molecular weight is 378 g/mol. The van der Waals surface area contributed by atoms with E-state index < -0.39 is 0 Å². The molecule has 0 amide bonds. The van der Waals surface area contributed by atoms with E-state index in [1.807, 2.05) is 46.8 Å². The molecule has 1 aliphatic heterocycles. The van der Waals surface area contributed by atoms with Crippen molar-refractivity contribution in [2.45, 2.75) is 57.2 Å². The Morgan fingerprint density at radius 1 is 1.11 bits per heavy atom. The second-order valence-corrected chi connectivity index (χ2v) is 8.08. The Balaban J connectivity index is 1.61. The van der Waals surface area contributed by atoms with Crippen LogP contribution < -0.4 is 5.56 Å². The molecule has 1 saturated heterocycles. The zero-order valence-corrected chi connectivity index (χ0v) is 16.3. The van der Waals surface area contributed by atoms with Gasteiger partial charge in [-0.2, -0.15) is 0 Å². The summed E-state index contributed by atoms with van der Waals surface area (Å²) in [6.07, 6.45) is 8.51. The van der Waals surface area contributed by atoms with Crippen LogP contribution in [0.4, 0.5) is 0 Å². The van der Waals surface area contributed by atoms with E-state index in [1.165, 1.54) is 12.8 Å². The van der Waals surface area contributed by atoms with E-state index in [1.54, 1.807) is 0 Å². The Morgan fingerprint density at radius 2 is 1.93 bits per heavy atom. The Kier molecular flexibility index (Phi) is 4.47. The van der Waals surface area contributed by atoms with Crippen LogP contribution in [0.25, 0.3) is 10.9 Å². The highest BCUT2D eigenvalue weighted by atomic mass is 16.1. The first-order chi connectivity index (χ1) is 13.7. The molecule has 1 aliphatic carbocycles. The molecule has 7 nitrogen and oxygen atoms in total. The van der Waals surface area contributed by atoms with Crippen LogP contribution >= 0.6 is 0 Å². The van der Waals surface area contributed by atoms with Crippen molar-refractivity contribution in [3.8, 4) is 0 Å². The van der Waals surface area contributed by atoms with Crippen molar-refractivity contribution in [1.29, 1.82) is 0 Å². The third kappa shape index (κ3) is 2.94. The van der Waals surface area contributed by atoms with Gasteiger partial charge in [0.1, 0.15) is 5.82 Å². The van der Waals surface area contributed by atoms with Gasteiger partial charge in [-0.25, -0.2) is 4.98 Å². The lowest BCUT2D eigenvalue weighted by molar-refractivity contribution is 0.223. The topological polar surface area (TPSA) is 68.8 Å². The van der Waals surface area contributed by atoms with E-state index in [2.05, 4.69) is 15.2 Å². The van der Waals surface area contributed by atoms with Gasteiger partial charge in [-0.1, -0.05) is 30.2 Å². The number of aryl methyl sites for hydroxylation is 1. The molecule has 0 radical (unpaired) electrons. The first kappa shape index (κ1) is 17.6. The highest BCUT2D eigenvalue weighted by Gasteiger charge is 2.33. The van der Waals surface area contributed by atoms with E-state index in [0.29, 0.717) is 0 Å². The maximum atomic E-state index is 13.5. The van der Waals surface area contributed by atoms with Gasteiger partial charge in [0.25, 0.3) is 5.56 Å². The van der Waals surface area contributed by atoms with Crippen LogP contribution in [-0.4, -0.2) is 36.0 Å². The number of hydrogen-bond donors (Lipinski definition) is 0. The Bertz CT molecular complexity index is 1050. The van der Waals surface area contributed by atoms with Gasteiger partial charge < -0.3 is 0 Å². The van der Waals surface area contributed by atoms with Crippen LogP contribution in [-0.2, 0) is 13.6 Å². The van der Waals surface area contributed by atoms with Gasteiger partial charge in [0, 0.05) is 19.6 Å². The zero-order valence-electron chi connectivity index (χ0n) is 16.3. The minimum Gasteiger partial charge on any atom is -0.292 e. The van der Waals surface area contributed by atoms with Crippen LogP contribution in [0, 0.1) is 0 Å². The Hall–Kier alpha value is -2.54. The van der Waals surface area contributed by atoms with Crippen molar-refractivity contribution in [2.75, 3.05) is 6.54 Å². The number of fused-ring (bicyclic) bond motifs is 1. The van der Waals surface area contributed by atoms with E-state index in [4.69, 9.17) is 4.98 Å². The molecule has 1 unspecified atom stereocenters. The van der Waals surface area contributed by atoms with Crippen LogP contribution in [0.15, 0.2) is 35.3 Å². The lowest BCUT2D eigenvalue weighted by atomic mass is 10.1. The number of para-hydroxylation sites is 1. The Morgan fingerprint density at radius 3 is 2.71 bits per heavy atom. The van der Waals surface area contributed by atoms with Crippen molar-refractivity contribution in [3.05, 3.63) is 52.3 Å². The minimum absolute atomic E-state index is 0.126. The summed E-state index contributed by atoms with van der Waals surface area (Å²) in [5.41, 5.74) is 2.02. The lowest BCUT2D eigenvalue weighted by Gasteiger charge is -2.28. The molecule has 0 bridgehead atoms. The highest BCUT2D eigenvalue weighted by Crippen LogP contribution is 2.36. The van der Waals surface area contributed by atoms with Gasteiger partial charge in [-0.15, -0.1) is 5.10 Å². The first-order valence-corrected chi connectivity index (χ1v) is 10.3. The third-order valence-corrected chi connectivity index (χ3v) is 6.36. The molecule has 0 spiro atoms. The molecule has 5 rings (SSSR count). The van der Waals surface area contributed by atoms with Gasteiger partial charge in [-0.05, 0) is 44.4 Å². The predicted octanol–water partition coefficient (Wildman–Crippen LogP) is 2.98. The fourth-order valence-corrected chi connectivity index (χ4v) is 4.88. The normalized spacial score (nSPS) is 21.1. The second kappa shape index (κ2) is 7.13. The summed E-state index contributed by atoms with van der Waals surface area (Å²) in [4.78, 5) is 20.9. The first-order valence-electron chi connectivity index (χ1n) is 10.3. The summed E-state index contributed by atoms with van der Waals surface area (Å²) >= 11 is 0. The van der Waals surface area contributed by atoms with Gasteiger partial charge >= 0.3 is 0 Å². The molecule has 2 aliphatic rings. The second-order valence-electron chi connectivity index (χ2n) is 8.08. The molecule has 1 atom stereocenters. The monoisotopic (exact) mass is 378 g/mol. The summed E-state index contributed by atoms with van der Waals surface area (Å²) in [6, 6.07) is 8.21. The average Bonchev–Trinajstić information content (AvgIpc) is 3.45. The quantitative estimate of drug-likeness (QED) is 0.698. The fourth-order valence-electron chi connectivity index (χ4n) is 4.88. The highest BCUT2D eigenvalue weighted by molar-refractivity contribution is 5.77. The van der Waals surface area contributed by atoms with Gasteiger partial charge in [0.2, 0.25) is 0 Å². The van der Waals surface area contributed by atoms with Crippen LogP contribution in [0.5, 0.6) is 0 Å². The molecule has 1 aromatic carbocycles. The summed E-state index contributed by atoms with van der Waals surface area (Å²) in [5, 5.41) is 8.81. The summed E-state index contributed by atoms with van der Waals surface area (Å²) < 4.78 is 3.87. The fraction of sp³-hybridized carbons (Fsp3) is 0.524. The van der Waals surface area contributed by atoms with Crippen molar-refractivity contribution in [3.63, 3.8) is 0 Å². The molecular formula is C21H26N6O. The lowest BCUT2D eigenvalue weighted by Crippen LogP contribution is -2.34. The van der Waals surface area contributed by atoms with Crippen LogP contribution in [0.2, 0.25) is 0 Å². The predicted molar refractivity (Wildman–Crippen MR) is 107 cm³/mol. The molecular weight excluding hydrogens is 352 g/mol. The summed E-state index contributed by atoms with van der Waals surface area (Å²) in [6.45, 7) is 1.78. The third-order valence-electron chi connectivity index (χ3n) is 6.36. The van der Waals surface area contributed by atoms with Gasteiger partial charge in [-0.3, -0.25) is 18.9 Å². The SMILES string of the molecule is Cn1nncc1CN1CCCC1c1nc2ccccc2c(=O)n1C1CCCC1. The smallest absolute Gasteiger partial charge is 0.261 e. The summed E-state index contributed by atoms with van der Waals surface area (Å²) in [7, 11) is 1.93. The largest absolute Gasteiger partial charge is 0.292 e. The molecule has 146 valence electrons. The van der Waals surface area contributed by atoms with Crippen molar-refractivity contribution >= 4 is 10.9 Å². The maximum absolute atomic E-state index is 13.5. The van der Waals surface area contributed by atoms with Gasteiger partial charge in [0.15, 0.2) is 0 Å². The minimum atomic E-state index is 0.126. The summed E-state index contributed by atoms with van der Waals surface area (Å²) in [5.74, 6) is 0.947. The number of rotatable bonds is 4. The van der Waals surface area contributed by atoms with Gasteiger partial charge in [0.05, 0.1) is 28.8 Å². The van der Waals surface area contributed by atoms with E-state index in [0.717, 1.165) is 61.2 Å². The molecule has 1 saturated carbocycles. The van der Waals surface area contributed by atoms with Crippen molar-refractivity contribution in [1.82, 2.24) is 29.4 Å². The molecule has 3 heterocycles. The van der Waals surface area contributed by atoms with Crippen molar-refractivity contribution < 1.29 is 0 Å². The molecule has 2 aromatic heterocycles. The molecule has 2 fully saturated rings. The van der Waals surface area contributed by atoms with Crippen molar-refractivity contribution in [2.24, 2.45) is 7.05 Å². The standard InChI is InChI=1S/C21H26N6O/c1-25-16(13-22-24-25)14-26-12-6-11-19(26)20-23-18-10-5-4-9-17(18)21(28)27(20)15-7-2-3-8-15/h4-5,9-10,13,15,19H,2-3,6-8,11-12,14H2,1H3. The number of aromatic nitrogens is 5. The maximum Gasteiger partial charge on any atom is 0.261 e. The number of benzene rings is 1. The number of nitrogens with zero attached hydrogens (tertiary/aromatic N) is 6. The zero-order chi connectivity index (χ0) is 19.1. The molecule has 28 heavy (non-hydrogen) atoms. The number of hydrogen-bond acceptors (Lipinski definition) is 5. The molecule has 3 aromatic rings. The van der Waals surface area contributed by atoms with Crippen LogP contribution in [0.3, 0.4) is 0 Å². The van der Waals surface area contributed by atoms with E-state index in [-0.39, 0.29) is 17.6 Å². The Labute approximate surface area is 164 Å². The van der Waals surface area contributed by atoms with Crippen LogP contribution in [0.1, 0.15) is 62.1 Å². The van der Waals surface area contributed by atoms with E-state index in [9.17, 15) is 4.79 Å². The molecule has 7 heteroatoms. The number of likely N-dealkylation sites (tertiary alicyclic amines) is 1. The van der Waals surface area contributed by atoms with E-state index >= 15 is 0 Å². The molecule has 0 N–H and O–H groups in total.